The summed E-state index contributed by atoms with van der Waals surface area (Å²) in [6, 6.07) is 11.2. The normalized spacial score (nSPS) is 12.8. The summed E-state index contributed by atoms with van der Waals surface area (Å²) >= 11 is 13.2. The van der Waals surface area contributed by atoms with Gasteiger partial charge in [-0.15, -0.1) is 0 Å². The third kappa shape index (κ3) is 2.78. The number of aryl methyl sites for hydroxylation is 1. The Kier molecular flexibility index (Phi) is 4.14. The van der Waals surface area contributed by atoms with Crippen LogP contribution in [0.15, 0.2) is 49.8 Å². The van der Waals surface area contributed by atoms with E-state index in [1.54, 1.807) is 0 Å². The number of halogens is 3. The van der Waals surface area contributed by atoms with E-state index in [1.807, 2.05) is 43.3 Å². The SMILES string of the molecule is Cc1c(C(N)c2ccc(Br)cc2Cl)oc2ccc(Br)cc12. The molecule has 0 radical (unpaired) electrons. The van der Waals surface area contributed by atoms with Crippen molar-refractivity contribution in [2.75, 3.05) is 0 Å². The average Bonchev–Trinajstić information content (AvgIpc) is 2.75. The highest BCUT2D eigenvalue weighted by atomic mass is 79.9. The predicted octanol–water partition coefficient (Wildman–Crippen LogP) is 5.97. The first kappa shape index (κ1) is 15.1. The first-order chi connectivity index (χ1) is 9.97. The van der Waals surface area contributed by atoms with Gasteiger partial charge in [0.05, 0.1) is 6.04 Å². The zero-order valence-corrected chi connectivity index (χ0v) is 15.1. The van der Waals surface area contributed by atoms with Gasteiger partial charge in [-0.3, -0.25) is 0 Å². The molecular weight excluding hydrogens is 417 g/mol. The molecule has 2 nitrogen and oxygen atoms in total. The van der Waals surface area contributed by atoms with Gasteiger partial charge in [0, 0.05) is 24.9 Å². The molecule has 0 saturated carbocycles. The molecule has 1 atom stereocenters. The van der Waals surface area contributed by atoms with Crippen molar-refractivity contribution in [3.63, 3.8) is 0 Å². The van der Waals surface area contributed by atoms with Crippen molar-refractivity contribution in [3.05, 3.63) is 67.3 Å². The second-order valence-electron chi connectivity index (χ2n) is 4.88. The van der Waals surface area contributed by atoms with Gasteiger partial charge in [-0.25, -0.2) is 0 Å². The molecule has 3 aromatic rings. The molecule has 0 fully saturated rings. The molecule has 2 N–H and O–H groups in total. The van der Waals surface area contributed by atoms with Crippen molar-refractivity contribution in [1.82, 2.24) is 0 Å². The minimum Gasteiger partial charge on any atom is -0.459 e. The first-order valence-electron chi connectivity index (χ1n) is 6.36. The van der Waals surface area contributed by atoms with Crippen LogP contribution in [-0.4, -0.2) is 0 Å². The van der Waals surface area contributed by atoms with Crippen molar-refractivity contribution >= 4 is 54.4 Å². The van der Waals surface area contributed by atoms with Gasteiger partial charge in [0.25, 0.3) is 0 Å². The second-order valence-corrected chi connectivity index (χ2v) is 7.11. The largest absolute Gasteiger partial charge is 0.459 e. The summed E-state index contributed by atoms with van der Waals surface area (Å²) in [4.78, 5) is 0. The number of nitrogens with two attached hydrogens (primary N) is 1. The summed E-state index contributed by atoms with van der Waals surface area (Å²) in [7, 11) is 0. The van der Waals surface area contributed by atoms with E-state index < -0.39 is 6.04 Å². The van der Waals surface area contributed by atoms with Gasteiger partial charge in [0.2, 0.25) is 0 Å². The smallest absolute Gasteiger partial charge is 0.134 e. The lowest BCUT2D eigenvalue weighted by Gasteiger charge is -2.12. The minimum atomic E-state index is -0.392. The lowest BCUT2D eigenvalue weighted by molar-refractivity contribution is 0.521. The highest BCUT2D eigenvalue weighted by Crippen LogP contribution is 2.35. The van der Waals surface area contributed by atoms with Crippen LogP contribution in [0.1, 0.15) is 22.9 Å². The summed E-state index contributed by atoms with van der Waals surface area (Å²) in [5, 5.41) is 1.68. The van der Waals surface area contributed by atoms with Gasteiger partial charge in [0.1, 0.15) is 11.3 Å². The highest BCUT2D eigenvalue weighted by molar-refractivity contribution is 9.10. The van der Waals surface area contributed by atoms with Gasteiger partial charge in [0.15, 0.2) is 0 Å². The number of hydrogen-bond donors (Lipinski definition) is 1. The van der Waals surface area contributed by atoms with Crippen LogP contribution in [0.25, 0.3) is 11.0 Å². The predicted molar refractivity (Wildman–Crippen MR) is 93.8 cm³/mol. The maximum atomic E-state index is 6.36. The van der Waals surface area contributed by atoms with Crippen LogP contribution in [0, 0.1) is 6.92 Å². The van der Waals surface area contributed by atoms with E-state index in [0.717, 1.165) is 36.8 Å². The quantitative estimate of drug-likeness (QED) is 0.545. The Morgan fingerprint density at radius 3 is 2.48 bits per heavy atom. The summed E-state index contributed by atoms with van der Waals surface area (Å²) in [5.41, 5.74) is 9.08. The number of hydrogen-bond acceptors (Lipinski definition) is 2. The third-order valence-electron chi connectivity index (χ3n) is 3.52. The molecular formula is C16H12Br2ClNO. The van der Waals surface area contributed by atoms with E-state index >= 15 is 0 Å². The second kappa shape index (κ2) is 5.76. The summed E-state index contributed by atoms with van der Waals surface area (Å²) in [6.07, 6.45) is 0. The van der Waals surface area contributed by atoms with Gasteiger partial charge < -0.3 is 10.2 Å². The first-order valence-corrected chi connectivity index (χ1v) is 8.33. The van der Waals surface area contributed by atoms with Crippen LogP contribution in [0.2, 0.25) is 5.02 Å². The molecule has 0 aliphatic rings. The van der Waals surface area contributed by atoms with Crippen LogP contribution < -0.4 is 5.73 Å². The van der Waals surface area contributed by atoms with Crippen molar-refractivity contribution in [2.45, 2.75) is 13.0 Å². The summed E-state index contributed by atoms with van der Waals surface area (Å²) in [5.74, 6) is 0.743. The van der Waals surface area contributed by atoms with E-state index in [4.69, 9.17) is 21.8 Å². The zero-order valence-electron chi connectivity index (χ0n) is 11.2. The van der Waals surface area contributed by atoms with Gasteiger partial charge in [-0.1, -0.05) is 49.5 Å². The Hall–Kier alpha value is -0.810. The van der Waals surface area contributed by atoms with E-state index in [2.05, 4.69) is 31.9 Å². The van der Waals surface area contributed by atoms with Crippen LogP contribution in [0.5, 0.6) is 0 Å². The van der Waals surface area contributed by atoms with E-state index in [0.29, 0.717) is 5.02 Å². The molecule has 0 bridgehead atoms. The van der Waals surface area contributed by atoms with Crippen LogP contribution in [-0.2, 0) is 0 Å². The summed E-state index contributed by atoms with van der Waals surface area (Å²) < 4.78 is 7.88. The maximum Gasteiger partial charge on any atom is 0.134 e. The maximum absolute atomic E-state index is 6.36. The monoisotopic (exact) mass is 427 g/mol. The lowest BCUT2D eigenvalue weighted by Crippen LogP contribution is -2.12. The molecule has 0 aliphatic carbocycles. The van der Waals surface area contributed by atoms with E-state index in [9.17, 15) is 0 Å². The molecule has 1 aromatic heterocycles. The van der Waals surface area contributed by atoms with Gasteiger partial charge in [-0.2, -0.15) is 0 Å². The van der Waals surface area contributed by atoms with Gasteiger partial charge in [-0.05, 0) is 42.8 Å². The fraction of sp³-hybridized carbons (Fsp3) is 0.125. The molecule has 21 heavy (non-hydrogen) atoms. The van der Waals surface area contributed by atoms with Crippen molar-refractivity contribution in [1.29, 1.82) is 0 Å². The van der Waals surface area contributed by atoms with Crippen LogP contribution in [0.4, 0.5) is 0 Å². The zero-order chi connectivity index (χ0) is 15.1. The molecule has 1 heterocycles. The molecule has 0 spiro atoms. The van der Waals surface area contributed by atoms with E-state index in [1.165, 1.54) is 0 Å². The number of rotatable bonds is 2. The summed E-state index contributed by atoms with van der Waals surface area (Å²) in [6.45, 7) is 2.01. The Bertz CT molecular complexity index is 829. The third-order valence-corrected chi connectivity index (χ3v) is 4.83. The van der Waals surface area contributed by atoms with Crippen molar-refractivity contribution in [2.24, 2.45) is 5.73 Å². The van der Waals surface area contributed by atoms with Crippen molar-refractivity contribution < 1.29 is 4.42 Å². The highest BCUT2D eigenvalue weighted by Gasteiger charge is 2.20. The Morgan fingerprint density at radius 2 is 1.76 bits per heavy atom. The standard InChI is InChI=1S/C16H12Br2ClNO/c1-8-12-6-9(17)3-5-14(12)21-16(8)15(20)11-4-2-10(18)7-13(11)19/h2-7,15H,20H2,1H3. The number of furan rings is 1. The minimum absolute atomic E-state index is 0.392. The molecule has 0 amide bonds. The lowest BCUT2D eigenvalue weighted by atomic mass is 10.0. The Balaban J connectivity index is 2.13. The molecule has 0 aliphatic heterocycles. The van der Waals surface area contributed by atoms with Gasteiger partial charge >= 0.3 is 0 Å². The molecule has 5 heteroatoms. The van der Waals surface area contributed by atoms with Crippen LogP contribution in [0.3, 0.4) is 0 Å². The number of fused-ring (bicyclic) bond motifs is 1. The Labute approximate surface area is 144 Å². The molecule has 3 rings (SSSR count). The average molecular weight is 430 g/mol. The topological polar surface area (TPSA) is 39.2 Å². The number of benzene rings is 2. The fourth-order valence-corrected chi connectivity index (χ4v) is 3.56. The Morgan fingerprint density at radius 1 is 1.10 bits per heavy atom. The molecule has 2 aromatic carbocycles. The molecule has 108 valence electrons. The van der Waals surface area contributed by atoms with Crippen molar-refractivity contribution in [3.8, 4) is 0 Å². The molecule has 1 unspecified atom stereocenters. The molecule has 0 saturated heterocycles. The fourth-order valence-electron chi connectivity index (χ4n) is 2.40. The van der Waals surface area contributed by atoms with E-state index in [-0.39, 0.29) is 0 Å². The van der Waals surface area contributed by atoms with Crippen LogP contribution >= 0.6 is 43.5 Å².